The van der Waals surface area contributed by atoms with Gasteiger partial charge < -0.3 is 9.47 Å². The van der Waals surface area contributed by atoms with E-state index in [-0.39, 0.29) is 10.5 Å². The maximum absolute atomic E-state index is 12.4. The third kappa shape index (κ3) is 5.94. The molecule has 2 rings (SSSR count). The molecular weight excluding hydrogens is 409 g/mol. The molecule has 27 heavy (non-hydrogen) atoms. The molecule has 0 aliphatic rings. The highest BCUT2D eigenvalue weighted by Crippen LogP contribution is 2.27. The van der Waals surface area contributed by atoms with E-state index in [1.807, 2.05) is 0 Å². The van der Waals surface area contributed by atoms with E-state index >= 15 is 0 Å². The second kappa shape index (κ2) is 7.87. The van der Waals surface area contributed by atoms with Crippen molar-refractivity contribution in [3.05, 3.63) is 54.1 Å². The zero-order valence-electron chi connectivity index (χ0n) is 13.9. The van der Waals surface area contributed by atoms with E-state index in [1.165, 1.54) is 30.3 Å². The Labute approximate surface area is 154 Å². The molecule has 2 aromatic carbocycles. The molecule has 0 fully saturated rings. The van der Waals surface area contributed by atoms with Gasteiger partial charge in [0.1, 0.15) is 5.75 Å². The molecule has 0 N–H and O–H groups in total. The Balaban J connectivity index is 2.17. The number of benzene rings is 2. The van der Waals surface area contributed by atoms with Gasteiger partial charge in [0.2, 0.25) is 9.84 Å². The van der Waals surface area contributed by atoms with Crippen molar-refractivity contribution in [2.75, 3.05) is 12.2 Å². The Morgan fingerprint density at radius 3 is 2.04 bits per heavy atom. The van der Waals surface area contributed by atoms with Gasteiger partial charge in [0.05, 0.1) is 16.4 Å². The zero-order valence-corrected chi connectivity index (χ0v) is 15.6. The molecule has 0 aromatic heterocycles. The van der Waals surface area contributed by atoms with Crippen LogP contribution in [0.2, 0.25) is 0 Å². The van der Waals surface area contributed by atoms with Gasteiger partial charge in [-0.1, -0.05) is 30.3 Å². The van der Waals surface area contributed by atoms with Crippen LogP contribution in [0.15, 0.2) is 58.3 Å². The van der Waals surface area contributed by atoms with Crippen molar-refractivity contribution >= 4 is 19.7 Å². The van der Waals surface area contributed by atoms with Crippen LogP contribution in [0, 0.1) is 0 Å². The Morgan fingerprint density at radius 1 is 0.889 bits per heavy atom. The quantitative estimate of drug-likeness (QED) is 0.679. The lowest BCUT2D eigenvalue weighted by Crippen LogP contribution is -2.18. The fourth-order valence-electron chi connectivity index (χ4n) is 2.19. The second-order valence-electron chi connectivity index (χ2n) is 5.46. The summed E-state index contributed by atoms with van der Waals surface area (Å²) in [5, 5.41) is 0. The Bertz CT molecular complexity index is 1010. The van der Waals surface area contributed by atoms with Gasteiger partial charge in [-0.25, -0.2) is 16.8 Å². The van der Waals surface area contributed by atoms with Crippen LogP contribution < -0.4 is 4.74 Å². The first-order valence-electron chi connectivity index (χ1n) is 7.33. The van der Waals surface area contributed by atoms with Crippen LogP contribution in [-0.2, 0) is 31.0 Å². The molecule has 0 amide bonds. The first-order chi connectivity index (χ1) is 12.4. The minimum Gasteiger partial charge on any atom is -0.405 e. The van der Waals surface area contributed by atoms with Gasteiger partial charge in [-0.3, -0.25) is 0 Å². The van der Waals surface area contributed by atoms with Gasteiger partial charge in [-0.15, -0.1) is 13.2 Å². The average molecular weight is 424 g/mol. The van der Waals surface area contributed by atoms with Gasteiger partial charge in [-0.2, -0.15) is 0 Å². The zero-order chi connectivity index (χ0) is 20.3. The predicted molar refractivity (Wildman–Crippen MR) is 89.5 cm³/mol. The first-order valence-corrected chi connectivity index (χ1v) is 10.9. The van der Waals surface area contributed by atoms with E-state index in [1.54, 1.807) is 0 Å². The standard InChI is InChI=1S/C16H15F3O6S2/c1-26(20,21)14-8-4-5-9-15(14)27(22,23)11-24-10-12-6-2-3-7-13(12)25-16(17,18)19/h2-9H,10-11H2,1H3. The van der Waals surface area contributed by atoms with E-state index in [4.69, 9.17) is 4.74 Å². The van der Waals surface area contributed by atoms with Gasteiger partial charge in [-0.05, 0) is 18.2 Å². The van der Waals surface area contributed by atoms with Crippen LogP contribution in [0.3, 0.4) is 0 Å². The van der Waals surface area contributed by atoms with E-state index in [0.717, 1.165) is 24.5 Å². The lowest BCUT2D eigenvalue weighted by atomic mass is 10.2. The average Bonchev–Trinajstić information content (AvgIpc) is 2.54. The Morgan fingerprint density at radius 2 is 1.44 bits per heavy atom. The van der Waals surface area contributed by atoms with Crippen LogP contribution in [0.1, 0.15) is 5.56 Å². The summed E-state index contributed by atoms with van der Waals surface area (Å²) in [6, 6.07) is 10.1. The molecule has 0 unspecified atom stereocenters. The maximum atomic E-state index is 12.4. The topological polar surface area (TPSA) is 86.7 Å². The van der Waals surface area contributed by atoms with Crippen LogP contribution in [-0.4, -0.2) is 35.4 Å². The van der Waals surface area contributed by atoms with Crippen LogP contribution in [0.5, 0.6) is 5.75 Å². The van der Waals surface area contributed by atoms with E-state index < -0.39 is 49.2 Å². The highest BCUT2D eigenvalue weighted by Gasteiger charge is 2.32. The third-order valence-electron chi connectivity index (χ3n) is 3.28. The number of rotatable bonds is 7. The number of ether oxygens (including phenoxy) is 2. The predicted octanol–water partition coefficient (Wildman–Crippen LogP) is 2.94. The summed E-state index contributed by atoms with van der Waals surface area (Å²) >= 11 is 0. The Hall–Kier alpha value is -2.11. The number of sulfone groups is 2. The SMILES string of the molecule is CS(=O)(=O)c1ccccc1S(=O)(=O)COCc1ccccc1OC(F)(F)F. The molecule has 0 spiro atoms. The second-order valence-corrected chi connectivity index (χ2v) is 9.34. The molecule has 0 atom stereocenters. The molecule has 148 valence electrons. The fourth-order valence-corrected chi connectivity index (χ4v) is 4.87. The highest BCUT2D eigenvalue weighted by molar-refractivity contribution is 7.94. The van der Waals surface area contributed by atoms with Gasteiger partial charge in [0, 0.05) is 11.8 Å². The molecule has 0 heterocycles. The number of halogens is 3. The minimum absolute atomic E-state index is 0.0126. The van der Waals surface area contributed by atoms with Gasteiger partial charge in [0.15, 0.2) is 15.8 Å². The summed E-state index contributed by atoms with van der Waals surface area (Å²) in [7, 11) is -7.96. The lowest BCUT2D eigenvalue weighted by molar-refractivity contribution is -0.275. The first kappa shape index (κ1) is 21.2. The molecule has 0 radical (unpaired) electrons. The van der Waals surface area contributed by atoms with Gasteiger partial charge in [0.25, 0.3) is 0 Å². The highest BCUT2D eigenvalue weighted by atomic mass is 32.2. The van der Waals surface area contributed by atoms with Crippen LogP contribution in [0.25, 0.3) is 0 Å². The van der Waals surface area contributed by atoms with E-state index in [2.05, 4.69) is 4.74 Å². The number of hydrogen-bond donors (Lipinski definition) is 0. The summed E-state index contributed by atoms with van der Waals surface area (Å²) in [5.74, 6) is -1.43. The summed E-state index contributed by atoms with van der Waals surface area (Å²) in [4.78, 5) is -0.818. The summed E-state index contributed by atoms with van der Waals surface area (Å²) < 4.78 is 94.4. The normalized spacial score (nSPS) is 12.7. The summed E-state index contributed by atoms with van der Waals surface area (Å²) in [5.41, 5.74) is -0.0126. The third-order valence-corrected chi connectivity index (χ3v) is 6.07. The monoisotopic (exact) mass is 424 g/mol. The maximum Gasteiger partial charge on any atom is 0.573 e. The summed E-state index contributed by atoms with van der Waals surface area (Å²) in [6.07, 6.45) is -4.04. The molecular formula is C16H15F3O6S2. The van der Waals surface area contributed by atoms with Crippen molar-refractivity contribution in [1.29, 1.82) is 0 Å². The number of hydrogen-bond acceptors (Lipinski definition) is 6. The molecule has 11 heteroatoms. The molecule has 6 nitrogen and oxygen atoms in total. The van der Waals surface area contributed by atoms with Crippen LogP contribution >= 0.6 is 0 Å². The lowest BCUT2D eigenvalue weighted by Gasteiger charge is -2.14. The smallest absolute Gasteiger partial charge is 0.405 e. The van der Waals surface area contributed by atoms with Crippen molar-refractivity contribution in [3.63, 3.8) is 0 Å². The minimum atomic E-state index is -4.91. The fraction of sp³-hybridized carbons (Fsp3) is 0.250. The number of para-hydroxylation sites is 1. The van der Waals surface area contributed by atoms with Crippen LogP contribution in [0.4, 0.5) is 13.2 Å². The van der Waals surface area contributed by atoms with Gasteiger partial charge >= 0.3 is 6.36 Å². The van der Waals surface area contributed by atoms with Crippen molar-refractivity contribution in [3.8, 4) is 5.75 Å². The molecule has 0 bridgehead atoms. The molecule has 0 saturated carbocycles. The van der Waals surface area contributed by atoms with Crippen molar-refractivity contribution < 1.29 is 39.5 Å². The molecule has 0 saturated heterocycles. The number of alkyl halides is 3. The van der Waals surface area contributed by atoms with E-state index in [0.29, 0.717) is 0 Å². The molecule has 0 aliphatic heterocycles. The Kier molecular flexibility index (Phi) is 6.17. The largest absolute Gasteiger partial charge is 0.573 e. The van der Waals surface area contributed by atoms with Crippen molar-refractivity contribution in [1.82, 2.24) is 0 Å². The van der Waals surface area contributed by atoms with Crippen molar-refractivity contribution in [2.45, 2.75) is 22.8 Å². The molecule has 0 aliphatic carbocycles. The van der Waals surface area contributed by atoms with Crippen molar-refractivity contribution in [2.24, 2.45) is 0 Å². The molecule has 2 aromatic rings. The van der Waals surface area contributed by atoms with E-state index in [9.17, 15) is 30.0 Å². The summed E-state index contributed by atoms with van der Waals surface area (Å²) in [6.45, 7) is -0.480.